The van der Waals surface area contributed by atoms with E-state index in [1.165, 1.54) is 4.90 Å². The van der Waals surface area contributed by atoms with Crippen molar-refractivity contribution in [1.29, 1.82) is 0 Å². The van der Waals surface area contributed by atoms with Crippen LogP contribution in [0.3, 0.4) is 0 Å². The summed E-state index contributed by atoms with van der Waals surface area (Å²) in [5, 5.41) is 19.7. The van der Waals surface area contributed by atoms with Crippen molar-refractivity contribution in [3.05, 3.63) is 27.2 Å². The highest BCUT2D eigenvalue weighted by Crippen LogP contribution is 2.40. The molecule has 23 heavy (non-hydrogen) atoms. The summed E-state index contributed by atoms with van der Waals surface area (Å²) < 4.78 is 6.18. The molecule has 1 fully saturated rings. The fourth-order valence-corrected chi connectivity index (χ4v) is 3.03. The normalized spacial score (nSPS) is 16.1. The third kappa shape index (κ3) is 4.31. The molecule has 7 heteroatoms. The number of aliphatic hydroxyl groups is 1. The first-order valence-electron chi connectivity index (χ1n) is 7.36. The summed E-state index contributed by atoms with van der Waals surface area (Å²) in [5.74, 6) is -0.0554. The van der Waals surface area contributed by atoms with Gasteiger partial charge in [-0.15, -0.1) is 0 Å². The first kappa shape index (κ1) is 18.4. The first-order valence-corrected chi connectivity index (χ1v) is 8.53. The van der Waals surface area contributed by atoms with E-state index in [0.29, 0.717) is 22.9 Å². The molecule has 1 aromatic carbocycles. The van der Waals surface area contributed by atoms with E-state index in [0.717, 1.165) is 0 Å². The molecule has 0 bridgehead atoms. The van der Waals surface area contributed by atoms with Gasteiger partial charge in [-0.2, -0.15) is 0 Å². The van der Waals surface area contributed by atoms with Gasteiger partial charge in [0.05, 0.1) is 18.2 Å². The Hall–Kier alpha value is -0.980. The van der Waals surface area contributed by atoms with E-state index >= 15 is 0 Å². The highest BCUT2D eigenvalue weighted by Gasteiger charge is 2.48. The molecule has 1 aromatic rings. The molecule has 2 rings (SSSR count). The van der Waals surface area contributed by atoms with Crippen LogP contribution in [0.1, 0.15) is 39.2 Å². The maximum Gasteiger partial charge on any atom is 0.411 e. The van der Waals surface area contributed by atoms with Gasteiger partial charge in [0.1, 0.15) is 11.4 Å². The maximum atomic E-state index is 12.6. The Balaban J connectivity index is 2.25. The maximum absolute atomic E-state index is 12.6. The first-order chi connectivity index (χ1) is 10.6. The number of hydrogen-bond acceptors (Lipinski definition) is 4. The second-order valence-electron chi connectivity index (χ2n) is 6.86. The summed E-state index contributed by atoms with van der Waals surface area (Å²) in [6.45, 7) is 5.61. The minimum Gasteiger partial charge on any atom is -0.506 e. The van der Waals surface area contributed by atoms with Crippen molar-refractivity contribution in [1.82, 2.24) is 4.90 Å². The largest absolute Gasteiger partial charge is 0.506 e. The second-order valence-corrected chi connectivity index (χ2v) is 8.18. The zero-order valence-electron chi connectivity index (χ0n) is 13.4. The van der Waals surface area contributed by atoms with E-state index in [1.807, 2.05) is 20.8 Å². The van der Waals surface area contributed by atoms with E-state index in [-0.39, 0.29) is 23.9 Å². The number of benzene rings is 1. The summed E-state index contributed by atoms with van der Waals surface area (Å²) in [6.07, 6.45) is 0.821. The van der Waals surface area contributed by atoms with Gasteiger partial charge in [-0.1, -0.05) is 27.5 Å². The van der Waals surface area contributed by atoms with Crippen molar-refractivity contribution in [2.45, 2.75) is 51.3 Å². The van der Waals surface area contributed by atoms with Crippen LogP contribution >= 0.6 is 27.5 Å². The van der Waals surface area contributed by atoms with Gasteiger partial charge < -0.3 is 14.9 Å². The molecule has 0 radical (unpaired) electrons. The molecule has 1 amide bonds. The number of amides is 1. The summed E-state index contributed by atoms with van der Waals surface area (Å²) >= 11 is 9.32. The van der Waals surface area contributed by atoms with Crippen LogP contribution < -0.4 is 0 Å². The number of hydrogen-bond donors (Lipinski definition) is 2. The highest BCUT2D eigenvalue weighted by molar-refractivity contribution is 9.10. The lowest BCUT2D eigenvalue weighted by molar-refractivity contribution is -0.0000455. The van der Waals surface area contributed by atoms with Crippen molar-refractivity contribution >= 4 is 33.6 Å². The number of phenolic OH excluding ortho intramolecular Hbond substituents is 1. The summed E-state index contributed by atoms with van der Waals surface area (Å²) in [7, 11) is 0. The SMILES string of the molecule is CC(C)(C)N(Cc1cc(Br)cc(Cl)c1O)C(=O)OC1(CO)CC1. The van der Waals surface area contributed by atoms with Crippen LogP contribution in [0, 0.1) is 0 Å². The highest BCUT2D eigenvalue weighted by atomic mass is 79.9. The Morgan fingerprint density at radius 1 is 1.43 bits per heavy atom. The summed E-state index contributed by atoms with van der Waals surface area (Å²) in [5.41, 5.74) is -0.744. The molecule has 0 saturated heterocycles. The van der Waals surface area contributed by atoms with Crippen LogP contribution in [0.15, 0.2) is 16.6 Å². The van der Waals surface area contributed by atoms with Crippen molar-refractivity contribution in [3.8, 4) is 5.75 Å². The van der Waals surface area contributed by atoms with E-state index in [2.05, 4.69) is 15.9 Å². The fourth-order valence-electron chi connectivity index (χ4n) is 2.16. The summed E-state index contributed by atoms with van der Waals surface area (Å²) in [4.78, 5) is 14.1. The minimum atomic E-state index is -0.739. The number of carbonyl (C=O) groups is 1. The standard InChI is InChI=1S/C16H21BrClNO4/c1-15(2,3)19(14(22)23-16(9-20)4-5-16)8-10-6-11(17)7-12(18)13(10)21/h6-7,20-21H,4-5,8-9H2,1-3H3. The van der Waals surface area contributed by atoms with Gasteiger partial charge in [0.2, 0.25) is 0 Å². The van der Waals surface area contributed by atoms with E-state index in [1.54, 1.807) is 12.1 Å². The zero-order valence-corrected chi connectivity index (χ0v) is 15.7. The van der Waals surface area contributed by atoms with Gasteiger partial charge in [-0.3, -0.25) is 4.90 Å². The number of phenols is 1. The predicted molar refractivity (Wildman–Crippen MR) is 91.6 cm³/mol. The van der Waals surface area contributed by atoms with E-state index in [4.69, 9.17) is 16.3 Å². The Kier molecular flexibility index (Phi) is 5.18. The molecule has 0 unspecified atom stereocenters. The third-order valence-corrected chi connectivity index (χ3v) is 4.61. The molecule has 0 atom stereocenters. The van der Waals surface area contributed by atoms with Crippen LogP contribution in [0.2, 0.25) is 5.02 Å². The van der Waals surface area contributed by atoms with Crippen LogP contribution in [0.5, 0.6) is 5.75 Å². The van der Waals surface area contributed by atoms with Gasteiger partial charge in [0.25, 0.3) is 0 Å². The second kappa shape index (κ2) is 6.49. The van der Waals surface area contributed by atoms with Crippen LogP contribution in [-0.4, -0.2) is 39.0 Å². The van der Waals surface area contributed by atoms with Crippen molar-refractivity contribution in [2.24, 2.45) is 0 Å². The fraction of sp³-hybridized carbons (Fsp3) is 0.562. The minimum absolute atomic E-state index is 0.0554. The molecular formula is C16H21BrClNO4. The molecule has 0 aliphatic heterocycles. The Morgan fingerprint density at radius 3 is 2.52 bits per heavy atom. The smallest absolute Gasteiger partial charge is 0.411 e. The molecule has 2 N–H and O–H groups in total. The number of nitrogens with zero attached hydrogens (tertiary/aromatic N) is 1. The molecule has 128 valence electrons. The van der Waals surface area contributed by atoms with Crippen molar-refractivity contribution in [2.75, 3.05) is 6.61 Å². The summed E-state index contributed by atoms with van der Waals surface area (Å²) in [6, 6.07) is 3.30. The zero-order chi connectivity index (χ0) is 17.4. The average Bonchev–Trinajstić information content (AvgIpc) is 3.19. The Bertz CT molecular complexity index is 611. The van der Waals surface area contributed by atoms with Crippen molar-refractivity contribution < 1.29 is 19.7 Å². The van der Waals surface area contributed by atoms with Gasteiger partial charge in [0, 0.05) is 15.6 Å². The molecule has 1 aliphatic rings. The average molecular weight is 407 g/mol. The Labute approximate surface area is 149 Å². The van der Waals surface area contributed by atoms with Crippen molar-refractivity contribution in [3.63, 3.8) is 0 Å². The van der Waals surface area contributed by atoms with Crippen LogP contribution in [0.4, 0.5) is 4.79 Å². The van der Waals surface area contributed by atoms with Gasteiger partial charge in [-0.25, -0.2) is 4.79 Å². The molecule has 5 nitrogen and oxygen atoms in total. The number of rotatable bonds is 4. The van der Waals surface area contributed by atoms with Gasteiger partial charge in [0.15, 0.2) is 0 Å². The molecular weight excluding hydrogens is 386 g/mol. The third-order valence-electron chi connectivity index (χ3n) is 3.87. The van der Waals surface area contributed by atoms with E-state index in [9.17, 15) is 15.0 Å². The number of carbonyl (C=O) groups excluding carboxylic acids is 1. The molecule has 0 heterocycles. The lowest BCUT2D eigenvalue weighted by Crippen LogP contribution is -2.47. The monoisotopic (exact) mass is 405 g/mol. The molecule has 1 saturated carbocycles. The number of aliphatic hydroxyl groups excluding tert-OH is 1. The lowest BCUT2D eigenvalue weighted by atomic mass is 10.0. The number of aromatic hydroxyl groups is 1. The molecule has 0 spiro atoms. The lowest BCUT2D eigenvalue weighted by Gasteiger charge is -2.36. The molecule has 0 aromatic heterocycles. The van der Waals surface area contributed by atoms with Crippen LogP contribution in [-0.2, 0) is 11.3 Å². The number of ether oxygens (including phenoxy) is 1. The number of halogens is 2. The quantitative estimate of drug-likeness (QED) is 0.791. The molecule has 1 aliphatic carbocycles. The van der Waals surface area contributed by atoms with E-state index < -0.39 is 17.2 Å². The van der Waals surface area contributed by atoms with Gasteiger partial charge >= 0.3 is 6.09 Å². The topological polar surface area (TPSA) is 70.0 Å². The predicted octanol–water partition coefficient (Wildman–Crippen LogP) is 4.07. The Morgan fingerprint density at radius 2 is 2.04 bits per heavy atom. The van der Waals surface area contributed by atoms with Crippen LogP contribution in [0.25, 0.3) is 0 Å². The van der Waals surface area contributed by atoms with Gasteiger partial charge in [-0.05, 0) is 45.7 Å².